The van der Waals surface area contributed by atoms with Crippen molar-refractivity contribution in [3.8, 4) is 22.3 Å². The number of allylic oxidation sites excluding steroid dienone is 2. The number of hydrogen-bond acceptors (Lipinski definition) is 0. The molecule has 2 atom stereocenters. The van der Waals surface area contributed by atoms with Crippen LogP contribution in [0.1, 0.15) is 96.0 Å². The molecule has 0 fully saturated rings. The van der Waals surface area contributed by atoms with Crippen LogP contribution in [0.15, 0.2) is 96.1 Å². The zero-order valence-corrected chi connectivity index (χ0v) is 34.9. The van der Waals surface area contributed by atoms with E-state index in [1.807, 2.05) is 0 Å². The second-order valence-corrected chi connectivity index (χ2v) is 47.3. The summed E-state index contributed by atoms with van der Waals surface area (Å²) in [7, 11) is 0. The van der Waals surface area contributed by atoms with Gasteiger partial charge in [-0.05, 0) is 0 Å². The van der Waals surface area contributed by atoms with Crippen LogP contribution in [0.2, 0.25) is 9.26 Å². The van der Waals surface area contributed by atoms with Crippen LogP contribution >= 0.6 is 24.8 Å². The number of benzene rings is 4. The molecule has 4 heteroatoms. The minimum absolute atomic E-state index is 0. The predicted octanol–water partition coefficient (Wildman–Crippen LogP) is 12.4. The fourth-order valence-corrected chi connectivity index (χ4v) is 30.3. The first-order valence-electron chi connectivity index (χ1n) is 16.4. The maximum Gasteiger partial charge on any atom is -0.147 e. The average Bonchev–Trinajstić information content (AvgIpc) is 3.48. The van der Waals surface area contributed by atoms with Gasteiger partial charge in [-0.3, -0.25) is 0 Å². The summed E-state index contributed by atoms with van der Waals surface area (Å²) in [6, 6.07) is 32.4. The van der Waals surface area contributed by atoms with Crippen LogP contribution in [0, 0.1) is 0 Å². The average molecular weight is 747 g/mol. The molecule has 0 nitrogen and oxygen atoms in total. The van der Waals surface area contributed by atoms with Gasteiger partial charge in [0.25, 0.3) is 0 Å². The van der Waals surface area contributed by atoms with Crippen LogP contribution in [-0.4, -0.2) is 6.88 Å². The molecular weight excluding hydrogens is 695 g/mol. The summed E-state index contributed by atoms with van der Waals surface area (Å²) in [5, 5.41) is 0. The molecule has 2 unspecified atom stereocenters. The van der Waals surface area contributed by atoms with E-state index < -0.39 is 17.4 Å². The first-order valence-corrected chi connectivity index (χ1v) is 30.1. The predicted molar refractivity (Wildman–Crippen MR) is 209 cm³/mol. The number of rotatable bonds is 4. The Morgan fingerprint density at radius 1 is 0.500 bits per heavy atom. The third-order valence-electron chi connectivity index (χ3n) is 10.5. The summed E-state index contributed by atoms with van der Waals surface area (Å²) in [4.78, 5) is 0. The molecule has 0 saturated carbocycles. The Balaban J connectivity index is 0.00000240. The maximum atomic E-state index is 2.75. The molecule has 0 amide bonds. The van der Waals surface area contributed by atoms with Gasteiger partial charge in [-0.1, -0.05) is 0 Å². The van der Waals surface area contributed by atoms with Crippen LogP contribution in [0.25, 0.3) is 34.4 Å². The molecule has 0 spiro atoms. The van der Waals surface area contributed by atoms with Gasteiger partial charge in [0.1, 0.15) is 0 Å². The minimum Gasteiger partial charge on any atom is -0.147 e. The van der Waals surface area contributed by atoms with Gasteiger partial charge < -0.3 is 0 Å². The van der Waals surface area contributed by atoms with Crippen LogP contribution in [0.4, 0.5) is 0 Å². The molecule has 6 rings (SSSR count). The molecule has 0 aliphatic heterocycles. The van der Waals surface area contributed by atoms with Crippen molar-refractivity contribution >= 4 is 43.8 Å². The van der Waals surface area contributed by atoms with Crippen molar-refractivity contribution in [3.63, 3.8) is 0 Å². The van der Waals surface area contributed by atoms with Crippen LogP contribution in [-0.2, 0) is 28.2 Å². The van der Waals surface area contributed by atoms with E-state index in [1.54, 1.807) is 22.3 Å². The van der Waals surface area contributed by atoms with Crippen molar-refractivity contribution in [2.75, 3.05) is 0 Å². The van der Waals surface area contributed by atoms with Crippen molar-refractivity contribution in [1.29, 1.82) is 0 Å². The van der Waals surface area contributed by atoms with E-state index in [4.69, 9.17) is 0 Å². The molecule has 0 radical (unpaired) electrons. The molecule has 242 valence electrons. The van der Waals surface area contributed by atoms with Crippen molar-refractivity contribution in [3.05, 3.63) is 129 Å². The van der Waals surface area contributed by atoms with E-state index in [0.29, 0.717) is 7.25 Å². The fourth-order valence-electron chi connectivity index (χ4n) is 9.00. The first-order chi connectivity index (χ1) is 20.5. The van der Waals surface area contributed by atoms with Gasteiger partial charge in [-0.25, -0.2) is 0 Å². The smallest absolute Gasteiger partial charge is 0.147 e. The molecule has 0 N–H and O–H groups in total. The summed E-state index contributed by atoms with van der Waals surface area (Å²) in [6.07, 6.45) is 5.10. The van der Waals surface area contributed by atoms with E-state index in [0.717, 1.165) is 0 Å². The SMILES string of the molecule is CC1=Cc2c(-c3ccccc3C(C)(C)C)cccc2[CH]1[Zr]([CH3])([CH3])(=[SiH2])[CH]1C(C)=Cc2c(-c3ccccc3C(C)(C)C)cccc21.Cl.Cl. The van der Waals surface area contributed by atoms with Crippen molar-refractivity contribution in [2.24, 2.45) is 0 Å². The van der Waals surface area contributed by atoms with Gasteiger partial charge in [0.05, 0.1) is 0 Å². The van der Waals surface area contributed by atoms with Gasteiger partial charge in [0.15, 0.2) is 0 Å². The van der Waals surface area contributed by atoms with Crippen LogP contribution in [0.5, 0.6) is 0 Å². The molecule has 0 aromatic heterocycles. The Bertz CT molecular complexity index is 1810. The molecule has 46 heavy (non-hydrogen) atoms. The zero-order valence-electron chi connectivity index (χ0n) is 29.4. The van der Waals surface area contributed by atoms with Gasteiger partial charge in [-0.15, -0.1) is 24.8 Å². The summed E-state index contributed by atoms with van der Waals surface area (Å²) >= 11 is -3.62. The Morgan fingerprint density at radius 2 is 0.826 bits per heavy atom. The minimum atomic E-state index is -3.62. The number of hydrogen-bond donors (Lipinski definition) is 0. The van der Waals surface area contributed by atoms with Crippen molar-refractivity contribution in [2.45, 2.75) is 82.7 Å². The largest absolute Gasteiger partial charge is 0.147 e. The molecule has 0 saturated heterocycles. The molecular formula is C42H52Cl2SiZr. The Hall–Kier alpha value is -1.96. The van der Waals surface area contributed by atoms with E-state index in [1.165, 1.54) is 44.5 Å². The van der Waals surface area contributed by atoms with Crippen molar-refractivity contribution in [1.82, 2.24) is 0 Å². The Labute approximate surface area is 293 Å². The maximum absolute atomic E-state index is 3.62. The molecule has 4 aromatic carbocycles. The van der Waals surface area contributed by atoms with E-state index in [-0.39, 0.29) is 35.6 Å². The molecule has 0 bridgehead atoms. The van der Waals surface area contributed by atoms with E-state index >= 15 is 0 Å². The number of halogens is 2. The Kier molecular flexibility index (Phi) is 10.0. The van der Waals surface area contributed by atoms with Crippen LogP contribution < -0.4 is 0 Å². The van der Waals surface area contributed by atoms with Gasteiger partial charge in [0.2, 0.25) is 0 Å². The van der Waals surface area contributed by atoms with E-state index in [2.05, 4.69) is 169 Å². The van der Waals surface area contributed by atoms with Crippen LogP contribution in [0.3, 0.4) is 0 Å². The summed E-state index contributed by atoms with van der Waals surface area (Å²) in [6.45, 7) is 21.3. The van der Waals surface area contributed by atoms with E-state index in [9.17, 15) is 0 Å². The van der Waals surface area contributed by atoms with Crippen molar-refractivity contribution < 1.29 is 17.4 Å². The van der Waals surface area contributed by atoms with Gasteiger partial charge >= 0.3 is 271 Å². The third-order valence-corrected chi connectivity index (χ3v) is 28.4. The summed E-state index contributed by atoms with van der Waals surface area (Å²) < 4.78 is 6.52. The first kappa shape index (κ1) is 36.9. The monoisotopic (exact) mass is 744 g/mol. The number of fused-ring (bicyclic) bond motifs is 2. The standard InChI is InChI=1S/2C20H21.2CH3.2ClH.H2Si.Zr/c2*1-14-12-15-8-7-10-16(18(15)13-14)17-9-5-6-11-19(17)20(2,3)4;;;;;;/h2*5-13H,1-4H3;2*1H3;2*1H;1H2;. The Morgan fingerprint density at radius 3 is 1.17 bits per heavy atom. The molecule has 0 heterocycles. The van der Waals surface area contributed by atoms with Gasteiger partial charge in [0, 0.05) is 0 Å². The normalized spacial score (nSPS) is 17.7. The second kappa shape index (κ2) is 12.5. The fraction of sp³-hybridized carbons (Fsp3) is 0.333. The zero-order chi connectivity index (χ0) is 31.8. The summed E-state index contributed by atoms with van der Waals surface area (Å²) in [5.41, 5.74) is 17.7. The molecule has 4 aromatic rings. The quantitative estimate of drug-likeness (QED) is 0.182. The summed E-state index contributed by atoms with van der Waals surface area (Å²) in [5.74, 6) is 0. The third kappa shape index (κ3) is 6.07. The molecule has 2 aliphatic rings. The van der Waals surface area contributed by atoms with Gasteiger partial charge in [-0.2, -0.15) is 0 Å². The topological polar surface area (TPSA) is 0 Å². The second-order valence-electron chi connectivity index (χ2n) is 16.8. The molecule has 2 aliphatic carbocycles.